The Kier molecular flexibility index (Phi) is 2.04. The second kappa shape index (κ2) is 3.10. The number of ether oxygens (including phenoxy) is 2. The fraction of sp³-hybridized carbons (Fsp3) is 0.364. The molecule has 1 aromatic carbocycles. The zero-order valence-electron chi connectivity index (χ0n) is 8.24. The summed E-state index contributed by atoms with van der Waals surface area (Å²) in [5, 5.41) is 0. The van der Waals surface area contributed by atoms with E-state index in [0.717, 1.165) is 0 Å². The quantitative estimate of drug-likeness (QED) is 0.682. The molecule has 74 valence electrons. The number of carbonyl (C=O) groups is 1. The van der Waals surface area contributed by atoms with Crippen molar-refractivity contribution in [1.82, 2.24) is 0 Å². The van der Waals surface area contributed by atoms with Crippen molar-refractivity contribution in [2.45, 2.75) is 19.1 Å². The number of benzene rings is 1. The van der Waals surface area contributed by atoms with Crippen LogP contribution in [0.3, 0.4) is 0 Å². The van der Waals surface area contributed by atoms with Crippen molar-refractivity contribution in [1.29, 1.82) is 0 Å². The average molecular weight is 192 g/mol. The lowest BCUT2D eigenvalue weighted by Gasteiger charge is -2.33. The summed E-state index contributed by atoms with van der Waals surface area (Å²) in [6.07, 6.45) is 0.264. The summed E-state index contributed by atoms with van der Waals surface area (Å²) in [6.45, 7) is 1.76. The first kappa shape index (κ1) is 9.21. The van der Waals surface area contributed by atoms with E-state index in [-0.39, 0.29) is 12.2 Å². The van der Waals surface area contributed by atoms with Crippen LogP contribution in [0.15, 0.2) is 24.3 Å². The Labute approximate surface area is 82.6 Å². The number of para-hydroxylation sites is 1. The van der Waals surface area contributed by atoms with Crippen LogP contribution in [0, 0.1) is 0 Å². The number of hydrogen-bond donors (Lipinski definition) is 0. The van der Waals surface area contributed by atoms with Crippen LogP contribution in [-0.2, 0) is 4.74 Å². The smallest absolute Gasteiger partial charge is 0.214 e. The molecule has 0 fully saturated rings. The molecule has 14 heavy (non-hydrogen) atoms. The number of Topliss-reactive ketones (excluding diaryl/α,β-unsaturated/α-hetero) is 1. The normalized spacial score (nSPS) is 25.4. The van der Waals surface area contributed by atoms with Crippen molar-refractivity contribution in [3.8, 4) is 5.75 Å². The summed E-state index contributed by atoms with van der Waals surface area (Å²) in [5.41, 5.74) is 0.641. The maximum Gasteiger partial charge on any atom is 0.214 e. The average Bonchev–Trinajstić information content (AvgIpc) is 2.18. The van der Waals surface area contributed by atoms with E-state index in [2.05, 4.69) is 0 Å². The number of ketones is 1. The first-order valence-electron chi connectivity index (χ1n) is 4.51. The SMILES string of the molecule is COC1(C)CC(=O)c2ccccc2O1. The van der Waals surface area contributed by atoms with Gasteiger partial charge < -0.3 is 9.47 Å². The molecule has 3 heteroatoms. The van der Waals surface area contributed by atoms with Gasteiger partial charge in [-0.15, -0.1) is 0 Å². The monoisotopic (exact) mass is 192 g/mol. The first-order valence-corrected chi connectivity index (χ1v) is 4.51. The second-order valence-electron chi connectivity index (χ2n) is 3.54. The van der Waals surface area contributed by atoms with Gasteiger partial charge in [0, 0.05) is 14.0 Å². The molecule has 0 amide bonds. The third kappa shape index (κ3) is 1.40. The Balaban J connectivity index is 2.43. The summed E-state index contributed by atoms with van der Waals surface area (Å²) in [4.78, 5) is 11.7. The van der Waals surface area contributed by atoms with E-state index in [0.29, 0.717) is 11.3 Å². The van der Waals surface area contributed by atoms with Gasteiger partial charge in [0.1, 0.15) is 5.75 Å². The Bertz CT molecular complexity index is 373. The third-order valence-corrected chi connectivity index (χ3v) is 2.43. The fourth-order valence-corrected chi connectivity index (χ4v) is 1.56. The largest absolute Gasteiger partial charge is 0.461 e. The molecule has 3 nitrogen and oxygen atoms in total. The van der Waals surface area contributed by atoms with E-state index >= 15 is 0 Å². The highest BCUT2D eigenvalue weighted by atomic mass is 16.7. The van der Waals surface area contributed by atoms with Crippen LogP contribution < -0.4 is 4.74 Å². The summed E-state index contributed by atoms with van der Waals surface area (Å²) in [6, 6.07) is 7.22. The molecule has 1 heterocycles. The minimum absolute atomic E-state index is 0.0659. The molecule has 0 saturated heterocycles. The van der Waals surface area contributed by atoms with Crippen LogP contribution in [0.4, 0.5) is 0 Å². The molecule has 0 aromatic heterocycles. The van der Waals surface area contributed by atoms with E-state index < -0.39 is 5.79 Å². The van der Waals surface area contributed by atoms with Crippen molar-refractivity contribution in [3.63, 3.8) is 0 Å². The van der Waals surface area contributed by atoms with Gasteiger partial charge in [0.15, 0.2) is 5.78 Å². The van der Waals surface area contributed by atoms with Gasteiger partial charge in [-0.1, -0.05) is 12.1 Å². The van der Waals surface area contributed by atoms with Crippen molar-refractivity contribution < 1.29 is 14.3 Å². The zero-order valence-corrected chi connectivity index (χ0v) is 8.24. The van der Waals surface area contributed by atoms with E-state index in [1.807, 2.05) is 12.1 Å². The van der Waals surface area contributed by atoms with E-state index in [1.165, 1.54) is 0 Å². The molecule has 0 N–H and O–H groups in total. The summed E-state index contributed by atoms with van der Waals surface area (Å²) < 4.78 is 10.8. The topological polar surface area (TPSA) is 35.5 Å². The molecule has 1 unspecified atom stereocenters. The minimum atomic E-state index is -0.814. The Hall–Kier alpha value is -1.35. The molecule has 1 aliphatic heterocycles. The number of methoxy groups -OCH3 is 1. The van der Waals surface area contributed by atoms with Gasteiger partial charge in [-0.25, -0.2) is 0 Å². The number of rotatable bonds is 1. The molecule has 0 aliphatic carbocycles. The summed E-state index contributed by atoms with van der Waals surface area (Å²) in [7, 11) is 1.54. The van der Waals surface area contributed by atoms with Crippen molar-refractivity contribution in [3.05, 3.63) is 29.8 Å². The Morgan fingerprint density at radius 2 is 2.14 bits per heavy atom. The molecule has 0 saturated carbocycles. The van der Waals surface area contributed by atoms with Crippen LogP contribution in [-0.4, -0.2) is 18.7 Å². The number of fused-ring (bicyclic) bond motifs is 1. The Morgan fingerprint density at radius 1 is 1.43 bits per heavy atom. The van der Waals surface area contributed by atoms with Crippen LogP contribution in [0.25, 0.3) is 0 Å². The van der Waals surface area contributed by atoms with E-state index in [4.69, 9.17) is 9.47 Å². The summed E-state index contributed by atoms with van der Waals surface area (Å²) in [5.74, 6) is -0.143. The molecule has 2 rings (SSSR count). The third-order valence-electron chi connectivity index (χ3n) is 2.43. The predicted octanol–water partition coefficient (Wildman–Crippen LogP) is 2.01. The molecule has 1 aromatic rings. The standard InChI is InChI=1S/C11H12O3/c1-11(13-2)7-9(12)8-5-3-4-6-10(8)14-11/h3-6H,7H2,1-2H3. The highest BCUT2D eigenvalue weighted by Crippen LogP contribution is 2.32. The lowest BCUT2D eigenvalue weighted by Crippen LogP contribution is -2.40. The maximum atomic E-state index is 11.7. The van der Waals surface area contributed by atoms with Crippen LogP contribution in [0.5, 0.6) is 5.75 Å². The van der Waals surface area contributed by atoms with Crippen molar-refractivity contribution in [2.75, 3.05) is 7.11 Å². The summed E-state index contributed by atoms with van der Waals surface area (Å²) >= 11 is 0. The molecular weight excluding hydrogens is 180 g/mol. The van der Waals surface area contributed by atoms with Gasteiger partial charge in [0.05, 0.1) is 12.0 Å². The van der Waals surface area contributed by atoms with E-state index in [9.17, 15) is 4.79 Å². The highest BCUT2D eigenvalue weighted by Gasteiger charge is 2.36. The first-order chi connectivity index (χ1) is 6.64. The maximum absolute atomic E-state index is 11.7. The molecule has 0 radical (unpaired) electrons. The van der Waals surface area contributed by atoms with Gasteiger partial charge in [-0.05, 0) is 12.1 Å². The lowest BCUT2D eigenvalue weighted by atomic mass is 9.99. The van der Waals surface area contributed by atoms with Gasteiger partial charge in [0.2, 0.25) is 5.79 Å². The van der Waals surface area contributed by atoms with Crippen LogP contribution >= 0.6 is 0 Å². The fourth-order valence-electron chi connectivity index (χ4n) is 1.56. The molecule has 0 spiro atoms. The number of carbonyl (C=O) groups excluding carboxylic acids is 1. The van der Waals surface area contributed by atoms with Crippen LogP contribution in [0.2, 0.25) is 0 Å². The molecule has 0 bridgehead atoms. The molecular formula is C11H12O3. The predicted molar refractivity (Wildman–Crippen MR) is 51.4 cm³/mol. The zero-order chi connectivity index (χ0) is 10.2. The van der Waals surface area contributed by atoms with Gasteiger partial charge in [-0.3, -0.25) is 4.79 Å². The van der Waals surface area contributed by atoms with Gasteiger partial charge >= 0.3 is 0 Å². The lowest BCUT2D eigenvalue weighted by molar-refractivity contribution is -0.150. The van der Waals surface area contributed by atoms with Crippen LogP contribution in [0.1, 0.15) is 23.7 Å². The second-order valence-corrected chi connectivity index (χ2v) is 3.54. The highest BCUT2D eigenvalue weighted by molar-refractivity contribution is 6.00. The van der Waals surface area contributed by atoms with Gasteiger partial charge in [0.25, 0.3) is 0 Å². The van der Waals surface area contributed by atoms with E-state index in [1.54, 1.807) is 26.2 Å². The number of hydrogen-bond acceptors (Lipinski definition) is 3. The van der Waals surface area contributed by atoms with Crippen molar-refractivity contribution in [2.24, 2.45) is 0 Å². The molecule has 1 atom stereocenters. The van der Waals surface area contributed by atoms with Gasteiger partial charge in [-0.2, -0.15) is 0 Å². The minimum Gasteiger partial charge on any atom is -0.461 e. The van der Waals surface area contributed by atoms with Crippen molar-refractivity contribution >= 4 is 5.78 Å². The Morgan fingerprint density at radius 3 is 2.86 bits per heavy atom. The molecule has 1 aliphatic rings.